The van der Waals surface area contributed by atoms with Crippen LogP contribution in [0.4, 0.5) is 0 Å². The Morgan fingerprint density at radius 2 is 0.854 bits per heavy atom. The molecule has 0 amide bonds. The molecular formula is C41H26. The van der Waals surface area contributed by atoms with Gasteiger partial charge in [-0.2, -0.15) is 0 Å². The van der Waals surface area contributed by atoms with Gasteiger partial charge in [-0.15, -0.1) is 0 Å². The predicted octanol–water partition coefficient (Wildman–Crippen LogP) is 11.2. The van der Waals surface area contributed by atoms with Crippen molar-refractivity contribution in [1.82, 2.24) is 0 Å². The molecule has 0 unspecified atom stereocenters. The molecule has 0 heterocycles. The summed E-state index contributed by atoms with van der Waals surface area (Å²) in [5.41, 5.74) is 10.8. The highest BCUT2D eigenvalue weighted by atomic mass is 14.3. The molecule has 0 aromatic heterocycles. The largest absolute Gasteiger partial charge is 0.0616 e. The summed E-state index contributed by atoms with van der Waals surface area (Å²) in [7, 11) is 0. The van der Waals surface area contributed by atoms with Crippen LogP contribution in [0.2, 0.25) is 0 Å². The van der Waals surface area contributed by atoms with E-state index in [0.29, 0.717) is 0 Å². The van der Waals surface area contributed by atoms with Crippen molar-refractivity contribution in [2.24, 2.45) is 0 Å². The highest BCUT2D eigenvalue weighted by Gasteiger charge is 2.23. The number of fused-ring (bicyclic) bond motifs is 8. The zero-order chi connectivity index (χ0) is 26.9. The van der Waals surface area contributed by atoms with Crippen molar-refractivity contribution in [3.05, 3.63) is 157 Å². The van der Waals surface area contributed by atoms with Gasteiger partial charge in [-0.05, 0) is 100 Å². The lowest BCUT2D eigenvalue weighted by Crippen LogP contribution is -1.92. The van der Waals surface area contributed by atoms with Crippen LogP contribution in [-0.2, 0) is 6.42 Å². The maximum atomic E-state index is 2.46. The van der Waals surface area contributed by atoms with Crippen LogP contribution in [0.1, 0.15) is 11.1 Å². The topological polar surface area (TPSA) is 0 Å². The third-order valence-corrected chi connectivity index (χ3v) is 9.05. The van der Waals surface area contributed by atoms with Crippen molar-refractivity contribution in [1.29, 1.82) is 0 Å². The maximum Gasteiger partial charge on any atom is -0.00132 e. The van der Waals surface area contributed by atoms with Gasteiger partial charge in [-0.25, -0.2) is 0 Å². The highest BCUT2D eigenvalue weighted by molar-refractivity contribution is 6.23. The summed E-state index contributed by atoms with van der Waals surface area (Å²) in [4.78, 5) is 0. The molecule has 0 bridgehead atoms. The molecule has 0 heteroatoms. The zero-order valence-electron chi connectivity index (χ0n) is 22.6. The number of hydrogen-bond donors (Lipinski definition) is 0. The molecule has 0 fully saturated rings. The number of benzene rings is 8. The van der Waals surface area contributed by atoms with Gasteiger partial charge in [-0.1, -0.05) is 140 Å². The van der Waals surface area contributed by atoms with Crippen LogP contribution in [0, 0.1) is 0 Å². The van der Waals surface area contributed by atoms with Gasteiger partial charge in [0.2, 0.25) is 0 Å². The Kier molecular flexibility index (Phi) is 4.77. The van der Waals surface area contributed by atoms with Crippen LogP contribution in [0.5, 0.6) is 0 Å². The summed E-state index contributed by atoms with van der Waals surface area (Å²) >= 11 is 0. The molecule has 0 atom stereocenters. The minimum Gasteiger partial charge on any atom is -0.0616 e. The third-order valence-electron chi connectivity index (χ3n) is 9.05. The SMILES string of the molecule is c1ccc2c(-c3c4ccccc4c(-c4ccc5c(c4)-c4c(ccc6ccccc46)C5)c4ccccc34)cccc2c1. The Morgan fingerprint density at radius 3 is 1.56 bits per heavy atom. The maximum absolute atomic E-state index is 2.46. The minimum absolute atomic E-state index is 0.997. The first kappa shape index (κ1) is 22.6. The van der Waals surface area contributed by atoms with Crippen molar-refractivity contribution < 1.29 is 0 Å². The monoisotopic (exact) mass is 518 g/mol. The Labute approximate surface area is 239 Å². The molecule has 8 aromatic carbocycles. The van der Waals surface area contributed by atoms with Gasteiger partial charge in [0.1, 0.15) is 0 Å². The molecule has 1 aliphatic rings. The quantitative estimate of drug-likeness (QED) is 0.200. The second-order valence-electron chi connectivity index (χ2n) is 11.2. The first-order valence-corrected chi connectivity index (χ1v) is 14.4. The smallest absolute Gasteiger partial charge is 0.00132 e. The van der Waals surface area contributed by atoms with E-state index in [-0.39, 0.29) is 0 Å². The summed E-state index contributed by atoms with van der Waals surface area (Å²) in [6.45, 7) is 0. The van der Waals surface area contributed by atoms with Gasteiger partial charge in [0.15, 0.2) is 0 Å². The summed E-state index contributed by atoms with van der Waals surface area (Å²) in [6.07, 6.45) is 0.997. The highest BCUT2D eigenvalue weighted by Crippen LogP contribution is 2.48. The fourth-order valence-corrected chi connectivity index (χ4v) is 7.28. The van der Waals surface area contributed by atoms with Gasteiger partial charge in [0, 0.05) is 0 Å². The van der Waals surface area contributed by atoms with Crippen LogP contribution in [0.3, 0.4) is 0 Å². The van der Waals surface area contributed by atoms with Gasteiger partial charge >= 0.3 is 0 Å². The lowest BCUT2D eigenvalue weighted by molar-refractivity contribution is 1.27. The van der Waals surface area contributed by atoms with E-state index in [0.717, 1.165) is 6.42 Å². The van der Waals surface area contributed by atoms with Gasteiger partial charge in [0.25, 0.3) is 0 Å². The predicted molar refractivity (Wildman–Crippen MR) is 176 cm³/mol. The average Bonchev–Trinajstić information content (AvgIpc) is 3.42. The van der Waals surface area contributed by atoms with E-state index in [1.54, 1.807) is 0 Å². The number of hydrogen-bond acceptors (Lipinski definition) is 0. The van der Waals surface area contributed by atoms with E-state index >= 15 is 0 Å². The Bertz CT molecular complexity index is 2270. The van der Waals surface area contributed by atoms with Crippen molar-refractivity contribution in [3.63, 3.8) is 0 Å². The molecule has 0 N–H and O–H groups in total. The van der Waals surface area contributed by atoms with Crippen molar-refractivity contribution in [3.8, 4) is 33.4 Å². The molecule has 0 spiro atoms. The molecule has 41 heavy (non-hydrogen) atoms. The van der Waals surface area contributed by atoms with Crippen LogP contribution >= 0.6 is 0 Å². The Hall–Kier alpha value is -5.20. The number of rotatable bonds is 2. The molecule has 0 radical (unpaired) electrons. The fraction of sp³-hybridized carbons (Fsp3) is 0.0244. The van der Waals surface area contributed by atoms with E-state index in [1.165, 1.54) is 87.6 Å². The van der Waals surface area contributed by atoms with E-state index in [1.807, 2.05) is 0 Å². The Balaban J connectivity index is 1.37. The third kappa shape index (κ3) is 3.28. The lowest BCUT2D eigenvalue weighted by Gasteiger charge is -2.19. The summed E-state index contributed by atoms with van der Waals surface area (Å²) < 4.78 is 0. The van der Waals surface area contributed by atoms with Crippen molar-refractivity contribution in [2.45, 2.75) is 6.42 Å². The van der Waals surface area contributed by atoms with Crippen LogP contribution in [0.25, 0.3) is 76.5 Å². The summed E-state index contributed by atoms with van der Waals surface area (Å²) in [5, 5.41) is 10.4. The molecule has 190 valence electrons. The van der Waals surface area contributed by atoms with Gasteiger partial charge in [0.05, 0.1) is 0 Å². The second-order valence-corrected chi connectivity index (χ2v) is 11.2. The van der Waals surface area contributed by atoms with Crippen LogP contribution in [0.15, 0.2) is 146 Å². The van der Waals surface area contributed by atoms with E-state index < -0.39 is 0 Å². The fourth-order valence-electron chi connectivity index (χ4n) is 7.28. The molecule has 9 rings (SSSR count). The van der Waals surface area contributed by atoms with Gasteiger partial charge < -0.3 is 0 Å². The summed E-state index contributed by atoms with van der Waals surface area (Å²) in [6, 6.07) is 53.9. The van der Waals surface area contributed by atoms with E-state index in [9.17, 15) is 0 Å². The minimum atomic E-state index is 0.997. The Morgan fingerprint density at radius 1 is 0.317 bits per heavy atom. The standard InChI is InChI=1S/C41H26/c1-3-13-31-26(10-1)12-9-19-33(31)41-36-17-7-5-15-34(36)40(35-16-6-8-18-37(35)41)30-23-21-28-24-29-22-20-27-11-2-4-14-32(27)39(29)38(28)25-30/h1-23,25H,24H2. The molecule has 1 aliphatic carbocycles. The lowest BCUT2D eigenvalue weighted by atomic mass is 9.84. The average molecular weight is 519 g/mol. The van der Waals surface area contributed by atoms with Crippen LogP contribution in [-0.4, -0.2) is 0 Å². The van der Waals surface area contributed by atoms with Crippen LogP contribution < -0.4 is 0 Å². The first-order valence-electron chi connectivity index (χ1n) is 14.4. The van der Waals surface area contributed by atoms with E-state index in [4.69, 9.17) is 0 Å². The van der Waals surface area contributed by atoms with E-state index in [2.05, 4.69) is 146 Å². The zero-order valence-corrected chi connectivity index (χ0v) is 22.6. The molecule has 0 nitrogen and oxygen atoms in total. The molecular weight excluding hydrogens is 492 g/mol. The first-order chi connectivity index (χ1) is 20.3. The summed E-state index contributed by atoms with van der Waals surface area (Å²) in [5.74, 6) is 0. The molecule has 0 saturated carbocycles. The van der Waals surface area contributed by atoms with Crippen molar-refractivity contribution >= 4 is 43.1 Å². The van der Waals surface area contributed by atoms with Crippen molar-refractivity contribution in [2.75, 3.05) is 0 Å². The van der Waals surface area contributed by atoms with Gasteiger partial charge in [-0.3, -0.25) is 0 Å². The normalized spacial score (nSPS) is 12.3. The second kappa shape index (κ2) is 8.65. The molecule has 0 saturated heterocycles. The molecule has 8 aromatic rings. The molecule has 0 aliphatic heterocycles.